The fourth-order valence-electron chi connectivity index (χ4n) is 2.62. The molecular formula is C12H24OSi. The minimum Gasteiger partial charge on any atom is -0.300 e. The molecule has 1 rings (SSSR count). The van der Waals surface area contributed by atoms with Crippen LogP contribution in [-0.2, 0) is 4.79 Å². The van der Waals surface area contributed by atoms with E-state index in [1.165, 1.54) is 31.7 Å². The number of carbonyl (C=O) groups excluding carboxylic acids is 1. The Balaban J connectivity index is 2.54. The van der Waals surface area contributed by atoms with Gasteiger partial charge in [-0.1, -0.05) is 45.3 Å². The lowest BCUT2D eigenvalue weighted by Crippen LogP contribution is -2.38. The number of unbranched alkanes of at least 4 members (excludes halogenated alkanes) is 1. The van der Waals surface area contributed by atoms with E-state index in [4.69, 9.17) is 0 Å². The zero-order chi connectivity index (χ0) is 10.6. The second-order valence-electron chi connectivity index (χ2n) is 5.36. The highest BCUT2D eigenvalue weighted by molar-refractivity contribution is 6.81. The number of ketones is 1. The van der Waals surface area contributed by atoms with Crippen LogP contribution in [0.2, 0.25) is 24.7 Å². The Bertz CT molecular complexity index is 198. The second-order valence-corrected chi connectivity index (χ2v) is 10.5. The molecule has 0 bridgehead atoms. The van der Waals surface area contributed by atoms with E-state index in [2.05, 4.69) is 20.0 Å². The summed E-state index contributed by atoms with van der Waals surface area (Å²) in [6.07, 6.45) is 7.10. The van der Waals surface area contributed by atoms with E-state index in [1.54, 1.807) is 0 Å². The first-order valence-corrected chi connectivity index (χ1v) is 9.39. The molecule has 0 N–H and O–H groups in total. The van der Waals surface area contributed by atoms with Crippen LogP contribution in [0.3, 0.4) is 0 Å². The van der Waals surface area contributed by atoms with Crippen molar-refractivity contribution < 1.29 is 4.79 Å². The molecule has 0 aromatic rings. The van der Waals surface area contributed by atoms with Crippen LogP contribution in [0.15, 0.2) is 0 Å². The van der Waals surface area contributed by atoms with Gasteiger partial charge in [-0.3, -0.25) is 4.79 Å². The molecular weight excluding hydrogens is 188 g/mol. The molecule has 0 radical (unpaired) electrons. The molecule has 2 heteroatoms. The second kappa shape index (κ2) is 5.10. The first-order valence-electron chi connectivity index (χ1n) is 6.10. The van der Waals surface area contributed by atoms with Gasteiger partial charge in [0, 0.05) is 12.0 Å². The summed E-state index contributed by atoms with van der Waals surface area (Å²) >= 11 is 0. The van der Waals surface area contributed by atoms with Gasteiger partial charge in [-0.2, -0.15) is 0 Å². The lowest BCUT2D eigenvalue weighted by Gasteiger charge is -2.34. The summed E-state index contributed by atoms with van der Waals surface area (Å²) in [7, 11) is -1.24. The maximum absolute atomic E-state index is 11.8. The van der Waals surface area contributed by atoms with Crippen molar-refractivity contribution in [1.82, 2.24) is 0 Å². The van der Waals surface area contributed by atoms with Crippen molar-refractivity contribution >= 4 is 13.9 Å². The molecule has 1 saturated carbocycles. The average molecular weight is 212 g/mol. The largest absolute Gasteiger partial charge is 0.300 e. The van der Waals surface area contributed by atoms with E-state index in [0.717, 1.165) is 12.8 Å². The molecule has 1 nitrogen and oxygen atoms in total. The molecule has 14 heavy (non-hydrogen) atoms. The van der Waals surface area contributed by atoms with Crippen LogP contribution in [0.25, 0.3) is 0 Å². The van der Waals surface area contributed by atoms with Gasteiger partial charge >= 0.3 is 0 Å². The Morgan fingerprint density at radius 1 is 1.36 bits per heavy atom. The predicted molar refractivity (Wildman–Crippen MR) is 64.4 cm³/mol. The van der Waals surface area contributed by atoms with Gasteiger partial charge in [-0.05, 0) is 12.8 Å². The quantitative estimate of drug-likeness (QED) is 0.644. The molecule has 1 aliphatic rings. The third-order valence-corrected chi connectivity index (χ3v) is 7.81. The van der Waals surface area contributed by atoms with Gasteiger partial charge in [-0.25, -0.2) is 0 Å². The smallest absolute Gasteiger partial charge is 0.133 e. The summed E-state index contributed by atoms with van der Waals surface area (Å²) in [6.45, 7) is 7.07. The van der Waals surface area contributed by atoms with E-state index in [1.807, 2.05) is 0 Å². The summed E-state index contributed by atoms with van der Waals surface area (Å²) in [5, 5.41) is 0. The topological polar surface area (TPSA) is 17.1 Å². The molecule has 1 atom stereocenters. The van der Waals surface area contributed by atoms with Gasteiger partial charge < -0.3 is 0 Å². The normalized spacial score (nSPS) is 23.9. The van der Waals surface area contributed by atoms with Gasteiger partial charge in [-0.15, -0.1) is 0 Å². The molecule has 82 valence electrons. The Kier molecular flexibility index (Phi) is 4.36. The third kappa shape index (κ3) is 2.94. The Hall–Kier alpha value is -0.113. The zero-order valence-electron chi connectivity index (χ0n) is 9.94. The Labute approximate surface area is 89.3 Å². The molecule has 0 spiro atoms. The number of rotatable bonds is 4. The fourth-order valence-corrected chi connectivity index (χ4v) is 6.23. The van der Waals surface area contributed by atoms with Crippen molar-refractivity contribution in [2.45, 2.75) is 70.1 Å². The Morgan fingerprint density at radius 2 is 2.07 bits per heavy atom. The van der Waals surface area contributed by atoms with Crippen LogP contribution in [0, 0.1) is 0 Å². The average Bonchev–Trinajstić information content (AvgIpc) is 2.15. The summed E-state index contributed by atoms with van der Waals surface area (Å²) in [4.78, 5) is 11.8. The highest BCUT2D eigenvalue weighted by Gasteiger charge is 2.36. The molecule has 0 aromatic heterocycles. The molecule has 1 unspecified atom stereocenters. The minimum atomic E-state index is -1.24. The molecule has 0 aliphatic heterocycles. The van der Waals surface area contributed by atoms with Crippen molar-refractivity contribution in [3.05, 3.63) is 0 Å². The van der Waals surface area contributed by atoms with Crippen LogP contribution < -0.4 is 0 Å². The first-order chi connectivity index (χ1) is 6.58. The number of hydrogen-bond acceptors (Lipinski definition) is 1. The minimum absolute atomic E-state index is 0.489. The SMILES string of the molecule is CCCC[Si](C)(C)C1CCCCC1=O. The van der Waals surface area contributed by atoms with Crippen molar-refractivity contribution in [3.63, 3.8) is 0 Å². The number of carbonyl (C=O) groups is 1. The third-order valence-electron chi connectivity index (χ3n) is 3.67. The van der Waals surface area contributed by atoms with Crippen LogP contribution in [0.1, 0.15) is 45.4 Å². The van der Waals surface area contributed by atoms with Crippen molar-refractivity contribution in [1.29, 1.82) is 0 Å². The van der Waals surface area contributed by atoms with Gasteiger partial charge in [0.15, 0.2) is 0 Å². The van der Waals surface area contributed by atoms with E-state index in [9.17, 15) is 4.79 Å². The molecule has 1 aliphatic carbocycles. The van der Waals surface area contributed by atoms with E-state index >= 15 is 0 Å². The lowest BCUT2D eigenvalue weighted by molar-refractivity contribution is -0.120. The van der Waals surface area contributed by atoms with Crippen molar-refractivity contribution in [2.75, 3.05) is 0 Å². The fraction of sp³-hybridized carbons (Fsp3) is 0.917. The predicted octanol–water partition coefficient (Wildman–Crippen LogP) is 4.01. The standard InChI is InChI=1S/C12H24OSi/c1-4-5-10-14(2,3)12-9-7-6-8-11(12)13/h12H,4-10H2,1-3H3. The first kappa shape index (κ1) is 12.0. The monoisotopic (exact) mass is 212 g/mol. The van der Waals surface area contributed by atoms with Crippen molar-refractivity contribution in [3.8, 4) is 0 Å². The van der Waals surface area contributed by atoms with Crippen LogP contribution >= 0.6 is 0 Å². The molecule has 0 aromatic carbocycles. The Morgan fingerprint density at radius 3 is 2.64 bits per heavy atom. The summed E-state index contributed by atoms with van der Waals surface area (Å²) in [5.41, 5.74) is 0.489. The van der Waals surface area contributed by atoms with Gasteiger partial charge in [0.2, 0.25) is 0 Å². The van der Waals surface area contributed by atoms with Crippen LogP contribution in [-0.4, -0.2) is 13.9 Å². The van der Waals surface area contributed by atoms with Crippen LogP contribution in [0.4, 0.5) is 0 Å². The zero-order valence-corrected chi connectivity index (χ0v) is 10.9. The van der Waals surface area contributed by atoms with Crippen LogP contribution in [0.5, 0.6) is 0 Å². The molecule has 1 fully saturated rings. The lowest BCUT2D eigenvalue weighted by atomic mass is 9.99. The highest BCUT2D eigenvalue weighted by Crippen LogP contribution is 2.37. The van der Waals surface area contributed by atoms with E-state index in [0.29, 0.717) is 11.3 Å². The summed E-state index contributed by atoms with van der Waals surface area (Å²) in [5.74, 6) is 0.587. The molecule has 0 saturated heterocycles. The number of hydrogen-bond donors (Lipinski definition) is 0. The maximum Gasteiger partial charge on any atom is 0.133 e. The maximum atomic E-state index is 11.8. The van der Waals surface area contributed by atoms with E-state index < -0.39 is 8.07 Å². The van der Waals surface area contributed by atoms with E-state index in [-0.39, 0.29) is 0 Å². The van der Waals surface area contributed by atoms with Gasteiger partial charge in [0.25, 0.3) is 0 Å². The highest BCUT2D eigenvalue weighted by atomic mass is 28.3. The molecule has 0 heterocycles. The van der Waals surface area contributed by atoms with Crippen molar-refractivity contribution in [2.24, 2.45) is 0 Å². The molecule has 0 amide bonds. The number of Topliss-reactive ketones (excluding diaryl/α,β-unsaturated/α-hetero) is 1. The van der Waals surface area contributed by atoms with Gasteiger partial charge in [0.05, 0.1) is 8.07 Å². The summed E-state index contributed by atoms with van der Waals surface area (Å²) < 4.78 is 0. The summed E-state index contributed by atoms with van der Waals surface area (Å²) in [6, 6.07) is 1.35. The van der Waals surface area contributed by atoms with Gasteiger partial charge in [0.1, 0.15) is 5.78 Å².